The van der Waals surface area contributed by atoms with Gasteiger partial charge < -0.3 is 5.32 Å². The largest absolute Gasteiger partial charge is 0.309 e. The maximum atomic E-state index is 12.9. The minimum atomic E-state index is -0.918. The molecule has 5 aliphatic rings. The molecule has 0 aromatic heterocycles. The van der Waals surface area contributed by atoms with Crippen LogP contribution in [0.5, 0.6) is 0 Å². The summed E-state index contributed by atoms with van der Waals surface area (Å²) in [6.07, 6.45) is 1.53. The molecule has 1 aromatic rings. The van der Waals surface area contributed by atoms with E-state index in [4.69, 9.17) is 0 Å². The second-order valence-electron chi connectivity index (χ2n) is 7.82. The molecule has 0 aliphatic carbocycles. The van der Waals surface area contributed by atoms with Gasteiger partial charge >= 0.3 is 0 Å². The fraction of sp³-hybridized carbons (Fsp3) is 0.474. The van der Waals surface area contributed by atoms with Gasteiger partial charge in [-0.1, -0.05) is 6.07 Å². The minimum Gasteiger partial charge on any atom is -0.309 e. The van der Waals surface area contributed by atoms with Gasteiger partial charge in [0.05, 0.1) is 11.1 Å². The molecule has 6 rings (SSSR count). The van der Waals surface area contributed by atoms with Crippen LogP contribution >= 0.6 is 0 Å². The van der Waals surface area contributed by atoms with Crippen molar-refractivity contribution in [3.05, 3.63) is 34.9 Å². The molecule has 1 aromatic carbocycles. The van der Waals surface area contributed by atoms with E-state index in [9.17, 15) is 19.2 Å². The summed E-state index contributed by atoms with van der Waals surface area (Å²) < 4.78 is 0. The highest BCUT2D eigenvalue weighted by atomic mass is 16.2. The molecule has 3 unspecified atom stereocenters. The Morgan fingerprint density at radius 1 is 1.00 bits per heavy atom. The summed E-state index contributed by atoms with van der Waals surface area (Å²) in [6, 6.07) is 5.54. The Balaban J connectivity index is 1.36. The molecule has 8 nitrogen and oxygen atoms in total. The van der Waals surface area contributed by atoms with E-state index in [0.717, 1.165) is 30.1 Å². The zero-order chi connectivity index (χ0) is 18.7. The smallest absolute Gasteiger partial charge is 0.262 e. The minimum absolute atomic E-state index is 0.125. The number of hydrogen-bond acceptors (Lipinski definition) is 6. The SMILES string of the molecule is O=C1CCC(N2C(=O)c3ccc(CN4CC5CC(C4)N5)cc3C2=O)C(=O)N1. The molecule has 27 heavy (non-hydrogen) atoms. The molecule has 0 radical (unpaired) electrons. The molecular weight excluding hydrogens is 348 g/mol. The van der Waals surface area contributed by atoms with E-state index in [2.05, 4.69) is 15.5 Å². The van der Waals surface area contributed by atoms with Crippen LogP contribution in [0.4, 0.5) is 0 Å². The lowest BCUT2D eigenvalue weighted by atomic mass is 9.91. The highest BCUT2D eigenvalue weighted by molar-refractivity contribution is 6.23. The van der Waals surface area contributed by atoms with Crippen LogP contribution in [0.2, 0.25) is 0 Å². The zero-order valence-corrected chi connectivity index (χ0v) is 14.7. The molecule has 5 heterocycles. The average Bonchev–Trinajstić information content (AvgIpc) is 2.86. The summed E-state index contributed by atoms with van der Waals surface area (Å²) in [5.41, 5.74) is 1.67. The van der Waals surface area contributed by atoms with Crippen LogP contribution < -0.4 is 10.6 Å². The molecule has 2 N–H and O–H groups in total. The zero-order valence-electron chi connectivity index (χ0n) is 14.7. The van der Waals surface area contributed by atoms with Crippen molar-refractivity contribution < 1.29 is 19.2 Å². The van der Waals surface area contributed by atoms with Crippen molar-refractivity contribution in [2.24, 2.45) is 0 Å². The Hall–Kier alpha value is -2.58. The normalized spacial score (nSPS) is 30.2. The number of imide groups is 2. The fourth-order valence-corrected chi connectivity index (χ4v) is 4.61. The van der Waals surface area contributed by atoms with Crippen molar-refractivity contribution in [3.63, 3.8) is 0 Å². The molecule has 5 aliphatic heterocycles. The van der Waals surface area contributed by atoms with Crippen molar-refractivity contribution in [1.29, 1.82) is 0 Å². The van der Waals surface area contributed by atoms with Crippen LogP contribution in [-0.2, 0) is 16.1 Å². The van der Waals surface area contributed by atoms with E-state index in [-0.39, 0.29) is 18.7 Å². The van der Waals surface area contributed by atoms with E-state index in [1.807, 2.05) is 6.07 Å². The van der Waals surface area contributed by atoms with Crippen LogP contribution in [-0.4, -0.2) is 64.6 Å². The lowest BCUT2D eigenvalue weighted by Gasteiger charge is -2.48. The molecule has 4 saturated heterocycles. The first kappa shape index (κ1) is 16.6. The first-order valence-corrected chi connectivity index (χ1v) is 9.32. The molecule has 3 atom stereocenters. The number of amides is 4. The third-order valence-electron chi connectivity index (χ3n) is 5.91. The summed E-state index contributed by atoms with van der Waals surface area (Å²) in [4.78, 5) is 52.4. The molecular formula is C19H20N4O4. The molecule has 4 fully saturated rings. The first-order chi connectivity index (χ1) is 13.0. The average molecular weight is 368 g/mol. The maximum Gasteiger partial charge on any atom is 0.262 e. The van der Waals surface area contributed by atoms with Gasteiger partial charge in [-0.3, -0.25) is 34.3 Å². The van der Waals surface area contributed by atoms with Gasteiger partial charge in [0.15, 0.2) is 0 Å². The van der Waals surface area contributed by atoms with Crippen molar-refractivity contribution in [3.8, 4) is 0 Å². The molecule has 4 amide bonds. The molecule has 8 heteroatoms. The van der Waals surface area contributed by atoms with Crippen LogP contribution in [0, 0.1) is 0 Å². The van der Waals surface area contributed by atoms with E-state index in [1.54, 1.807) is 12.1 Å². The third-order valence-corrected chi connectivity index (χ3v) is 5.91. The predicted octanol–water partition coefficient (Wildman–Crippen LogP) is -0.366. The predicted molar refractivity (Wildman–Crippen MR) is 93.7 cm³/mol. The lowest BCUT2D eigenvalue weighted by Crippen LogP contribution is -2.66. The van der Waals surface area contributed by atoms with Gasteiger partial charge in [0.1, 0.15) is 6.04 Å². The third kappa shape index (κ3) is 2.67. The summed E-state index contributed by atoms with van der Waals surface area (Å²) in [5.74, 6) is -1.86. The summed E-state index contributed by atoms with van der Waals surface area (Å²) in [6.45, 7) is 2.72. The van der Waals surface area contributed by atoms with Crippen LogP contribution in [0.3, 0.4) is 0 Å². The van der Waals surface area contributed by atoms with E-state index in [0.29, 0.717) is 23.2 Å². The van der Waals surface area contributed by atoms with Crippen molar-refractivity contribution in [2.45, 2.75) is 43.9 Å². The van der Waals surface area contributed by atoms with Crippen molar-refractivity contribution >= 4 is 23.6 Å². The van der Waals surface area contributed by atoms with Crippen molar-refractivity contribution in [2.75, 3.05) is 13.1 Å². The summed E-state index contributed by atoms with van der Waals surface area (Å²) >= 11 is 0. The number of fused-ring (bicyclic) bond motifs is 3. The second-order valence-corrected chi connectivity index (χ2v) is 7.82. The van der Waals surface area contributed by atoms with Crippen LogP contribution in [0.25, 0.3) is 0 Å². The van der Waals surface area contributed by atoms with Gasteiger partial charge in [0, 0.05) is 38.1 Å². The Morgan fingerprint density at radius 2 is 1.70 bits per heavy atom. The van der Waals surface area contributed by atoms with Gasteiger partial charge in [-0.25, -0.2) is 0 Å². The summed E-state index contributed by atoms with van der Waals surface area (Å²) in [7, 11) is 0. The van der Waals surface area contributed by atoms with Gasteiger partial charge in [-0.05, 0) is 30.5 Å². The number of hydrogen-bond donors (Lipinski definition) is 2. The van der Waals surface area contributed by atoms with Crippen LogP contribution in [0.15, 0.2) is 18.2 Å². The Bertz CT molecular complexity index is 866. The number of benzene rings is 1. The number of piperidine rings is 2. The number of nitrogens with one attached hydrogen (secondary N) is 2. The number of rotatable bonds is 3. The van der Waals surface area contributed by atoms with Crippen molar-refractivity contribution in [1.82, 2.24) is 20.4 Å². The van der Waals surface area contributed by atoms with Gasteiger partial charge in [0.2, 0.25) is 11.8 Å². The molecule has 140 valence electrons. The molecule has 0 spiro atoms. The quantitative estimate of drug-likeness (QED) is 0.707. The van der Waals surface area contributed by atoms with Crippen LogP contribution in [0.1, 0.15) is 45.5 Å². The number of carbonyl (C=O) groups is 4. The standard InChI is InChI=1S/C19H20N4O4/c24-16-4-3-15(17(25)21-16)23-18(26)13-2-1-10(5-14(13)19(23)27)7-22-8-11-6-12(9-22)20-11/h1-2,5,11-12,15,20H,3-4,6-9H2,(H,21,24,25). The van der Waals surface area contributed by atoms with E-state index < -0.39 is 23.8 Å². The Morgan fingerprint density at radius 3 is 2.41 bits per heavy atom. The molecule has 2 bridgehead atoms. The van der Waals surface area contributed by atoms with E-state index >= 15 is 0 Å². The van der Waals surface area contributed by atoms with Gasteiger partial charge in [0.25, 0.3) is 11.8 Å². The molecule has 0 saturated carbocycles. The number of nitrogens with zero attached hydrogens (tertiary/aromatic N) is 2. The number of piperazine rings is 1. The highest BCUT2D eigenvalue weighted by Gasteiger charge is 2.44. The topological polar surface area (TPSA) is 98.8 Å². The maximum absolute atomic E-state index is 12.9. The summed E-state index contributed by atoms with van der Waals surface area (Å²) in [5, 5.41) is 5.70. The first-order valence-electron chi connectivity index (χ1n) is 9.32. The monoisotopic (exact) mass is 368 g/mol. The van der Waals surface area contributed by atoms with Gasteiger partial charge in [-0.15, -0.1) is 0 Å². The fourth-order valence-electron chi connectivity index (χ4n) is 4.61. The van der Waals surface area contributed by atoms with Gasteiger partial charge in [-0.2, -0.15) is 0 Å². The lowest BCUT2D eigenvalue weighted by molar-refractivity contribution is -0.136. The van der Waals surface area contributed by atoms with E-state index in [1.165, 1.54) is 6.42 Å². The Kier molecular flexibility index (Phi) is 3.66. The number of carbonyl (C=O) groups excluding carboxylic acids is 4. The highest BCUT2D eigenvalue weighted by Crippen LogP contribution is 2.29. The second kappa shape index (κ2) is 5.97. The Labute approximate surface area is 155 Å².